The molecule has 0 spiro atoms. The predicted molar refractivity (Wildman–Crippen MR) is 83.7 cm³/mol. The molecule has 2 aromatic carbocycles. The average molecular weight is 331 g/mol. The number of esters is 1. The van der Waals surface area contributed by atoms with Crippen molar-refractivity contribution in [3.8, 4) is 0 Å². The lowest BCUT2D eigenvalue weighted by Gasteiger charge is -2.09. The standard InChI is InChI=1S/C18H15F2NO3/c19-14-5-2-6-15(20)17(14)18(23)24-10-16(22)21-13-8-7-11-3-1-4-12(11)9-13/h2,5-9H,1,3-4,10H2,(H,21,22). The fraction of sp³-hybridized carbons (Fsp3) is 0.222. The Labute approximate surface area is 137 Å². The Balaban J connectivity index is 1.59. The smallest absolute Gasteiger partial charge is 0.344 e. The van der Waals surface area contributed by atoms with Crippen molar-refractivity contribution < 1.29 is 23.1 Å². The zero-order valence-electron chi connectivity index (χ0n) is 12.8. The quantitative estimate of drug-likeness (QED) is 0.875. The van der Waals surface area contributed by atoms with E-state index in [2.05, 4.69) is 10.1 Å². The third-order valence-electron chi connectivity index (χ3n) is 3.88. The minimum atomic E-state index is -1.21. The van der Waals surface area contributed by atoms with Crippen LogP contribution in [0.2, 0.25) is 0 Å². The molecular formula is C18H15F2NO3. The molecule has 0 unspecified atom stereocenters. The summed E-state index contributed by atoms with van der Waals surface area (Å²) in [6.45, 7) is -0.621. The Morgan fingerprint density at radius 1 is 1.04 bits per heavy atom. The minimum absolute atomic E-state index is 0.571. The number of carbonyl (C=O) groups excluding carboxylic acids is 2. The molecule has 0 aromatic heterocycles. The largest absolute Gasteiger partial charge is 0.452 e. The molecule has 1 N–H and O–H groups in total. The van der Waals surface area contributed by atoms with E-state index < -0.39 is 35.7 Å². The topological polar surface area (TPSA) is 55.4 Å². The van der Waals surface area contributed by atoms with Crippen molar-refractivity contribution in [2.45, 2.75) is 19.3 Å². The molecule has 0 bridgehead atoms. The van der Waals surface area contributed by atoms with Gasteiger partial charge in [-0.3, -0.25) is 4.79 Å². The summed E-state index contributed by atoms with van der Waals surface area (Å²) in [4.78, 5) is 23.6. The van der Waals surface area contributed by atoms with Crippen molar-refractivity contribution in [2.24, 2.45) is 0 Å². The van der Waals surface area contributed by atoms with Crippen LogP contribution in [0.3, 0.4) is 0 Å². The monoisotopic (exact) mass is 331 g/mol. The van der Waals surface area contributed by atoms with Gasteiger partial charge in [0.15, 0.2) is 6.61 Å². The molecule has 2 aromatic rings. The molecule has 0 saturated heterocycles. The number of aryl methyl sites for hydroxylation is 2. The summed E-state index contributed by atoms with van der Waals surface area (Å²) in [6, 6.07) is 8.66. The summed E-state index contributed by atoms with van der Waals surface area (Å²) in [5.41, 5.74) is 2.27. The molecule has 3 rings (SSSR count). The van der Waals surface area contributed by atoms with Crippen LogP contribution in [0.1, 0.15) is 27.9 Å². The molecule has 24 heavy (non-hydrogen) atoms. The van der Waals surface area contributed by atoms with E-state index in [0.29, 0.717) is 5.69 Å². The fourth-order valence-corrected chi connectivity index (χ4v) is 2.74. The molecule has 1 aliphatic carbocycles. The first kappa shape index (κ1) is 16.1. The minimum Gasteiger partial charge on any atom is -0.452 e. The number of nitrogens with one attached hydrogen (secondary N) is 1. The summed E-state index contributed by atoms with van der Waals surface area (Å²) in [5.74, 6) is -3.84. The molecule has 0 radical (unpaired) electrons. The third-order valence-corrected chi connectivity index (χ3v) is 3.88. The fourth-order valence-electron chi connectivity index (χ4n) is 2.74. The molecule has 0 atom stereocenters. The molecule has 4 nitrogen and oxygen atoms in total. The maximum atomic E-state index is 13.5. The molecule has 124 valence electrons. The first-order chi connectivity index (χ1) is 11.5. The van der Waals surface area contributed by atoms with E-state index in [1.165, 1.54) is 11.1 Å². The number of hydrogen-bond acceptors (Lipinski definition) is 3. The van der Waals surface area contributed by atoms with Gasteiger partial charge in [0.2, 0.25) is 0 Å². The summed E-state index contributed by atoms with van der Waals surface area (Å²) in [6.07, 6.45) is 3.11. The van der Waals surface area contributed by atoms with Crippen molar-refractivity contribution >= 4 is 17.6 Å². The zero-order chi connectivity index (χ0) is 17.1. The first-order valence-electron chi connectivity index (χ1n) is 7.57. The number of benzene rings is 2. The van der Waals surface area contributed by atoms with Crippen LogP contribution in [0, 0.1) is 11.6 Å². The SMILES string of the molecule is O=C(COC(=O)c1c(F)cccc1F)Nc1ccc2c(c1)CCC2. The molecule has 6 heteroatoms. The van der Waals surface area contributed by atoms with Gasteiger partial charge in [0.25, 0.3) is 5.91 Å². The number of ether oxygens (including phenoxy) is 1. The average Bonchev–Trinajstić information content (AvgIpc) is 3.00. The molecular weight excluding hydrogens is 316 g/mol. The van der Waals surface area contributed by atoms with Gasteiger partial charge in [-0.15, -0.1) is 0 Å². The van der Waals surface area contributed by atoms with Crippen LogP contribution in [0.5, 0.6) is 0 Å². The molecule has 0 aliphatic heterocycles. The summed E-state index contributed by atoms with van der Waals surface area (Å²) in [5, 5.41) is 2.60. The highest BCUT2D eigenvalue weighted by atomic mass is 19.1. The van der Waals surface area contributed by atoms with Crippen LogP contribution in [0.15, 0.2) is 36.4 Å². The molecule has 1 amide bonds. The van der Waals surface area contributed by atoms with Gasteiger partial charge in [0.1, 0.15) is 17.2 Å². The second-order valence-corrected chi connectivity index (χ2v) is 5.56. The number of carbonyl (C=O) groups is 2. The van der Waals surface area contributed by atoms with Crippen molar-refractivity contribution in [2.75, 3.05) is 11.9 Å². The number of amides is 1. The number of fused-ring (bicyclic) bond motifs is 1. The van der Waals surface area contributed by atoms with Gasteiger partial charge >= 0.3 is 5.97 Å². The van der Waals surface area contributed by atoms with E-state index in [1.807, 2.05) is 12.1 Å². The maximum absolute atomic E-state index is 13.5. The van der Waals surface area contributed by atoms with E-state index in [4.69, 9.17) is 0 Å². The third kappa shape index (κ3) is 3.42. The van der Waals surface area contributed by atoms with Gasteiger partial charge in [-0.1, -0.05) is 12.1 Å². The lowest BCUT2D eigenvalue weighted by atomic mass is 10.1. The number of anilines is 1. The van der Waals surface area contributed by atoms with Crippen LogP contribution in [-0.2, 0) is 22.4 Å². The summed E-state index contributed by atoms with van der Waals surface area (Å²) in [7, 11) is 0. The van der Waals surface area contributed by atoms with E-state index in [0.717, 1.165) is 37.5 Å². The van der Waals surface area contributed by atoms with Gasteiger partial charge in [0, 0.05) is 5.69 Å². The van der Waals surface area contributed by atoms with Crippen molar-refractivity contribution in [1.82, 2.24) is 0 Å². The second-order valence-electron chi connectivity index (χ2n) is 5.56. The number of hydrogen-bond donors (Lipinski definition) is 1. The van der Waals surface area contributed by atoms with Gasteiger partial charge in [-0.25, -0.2) is 13.6 Å². The van der Waals surface area contributed by atoms with E-state index in [1.54, 1.807) is 6.07 Å². The Kier molecular flexibility index (Phi) is 4.55. The normalized spacial score (nSPS) is 12.6. The molecule has 0 saturated carbocycles. The van der Waals surface area contributed by atoms with E-state index in [9.17, 15) is 18.4 Å². The van der Waals surface area contributed by atoms with Crippen molar-refractivity contribution in [3.63, 3.8) is 0 Å². The summed E-state index contributed by atoms with van der Waals surface area (Å²) >= 11 is 0. The summed E-state index contributed by atoms with van der Waals surface area (Å²) < 4.78 is 31.6. The first-order valence-corrected chi connectivity index (χ1v) is 7.57. The highest BCUT2D eigenvalue weighted by Crippen LogP contribution is 2.24. The zero-order valence-corrected chi connectivity index (χ0v) is 12.8. The van der Waals surface area contributed by atoms with Gasteiger partial charge < -0.3 is 10.1 Å². The Hall–Kier alpha value is -2.76. The van der Waals surface area contributed by atoms with Crippen molar-refractivity contribution in [1.29, 1.82) is 0 Å². The lowest BCUT2D eigenvalue weighted by Crippen LogP contribution is -2.22. The molecule has 0 heterocycles. The van der Waals surface area contributed by atoms with E-state index >= 15 is 0 Å². The molecule has 0 fully saturated rings. The number of halogens is 2. The van der Waals surface area contributed by atoms with Crippen LogP contribution < -0.4 is 5.32 Å². The Morgan fingerprint density at radius 3 is 2.50 bits per heavy atom. The lowest BCUT2D eigenvalue weighted by molar-refractivity contribution is -0.119. The van der Waals surface area contributed by atoms with Crippen LogP contribution in [0.25, 0.3) is 0 Å². The highest BCUT2D eigenvalue weighted by molar-refractivity contribution is 5.95. The van der Waals surface area contributed by atoms with Crippen LogP contribution in [0.4, 0.5) is 14.5 Å². The van der Waals surface area contributed by atoms with Crippen LogP contribution >= 0.6 is 0 Å². The molecule has 1 aliphatic rings. The van der Waals surface area contributed by atoms with Gasteiger partial charge in [-0.05, 0) is 54.7 Å². The van der Waals surface area contributed by atoms with Crippen LogP contribution in [-0.4, -0.2) is 18.5 Å². The van der Waals surface area contributed by atoms with Gasteiger partial charge in [-0.2, -0.15) is 0 Å². The predicted octanol–water partition coefficient (Wildman–Crippen LogP) is 3.25. The Bertz CT molecular complexity index is 785. The second kappa shape index (κ2) is 6.78. The highest BCUT2D eigenvalue weighted by Gasteiger charge is 2.19. The van der Waals surface area contributed by atoms with Gasteiger partial charge in [0.05, 0.1) is 0 Å². The van der Waals surface area contributed by atoms with E-state index in [-0.39, 0.29) is 0 Å². The Morgan fingerprint density at radius 2 is 1.75 bits per heavy atom. The van der Waals surface area contributed by atoms with Crippen molar-refractivity contribution in [3.05, 3.63) is 64.7 Å². The maximum Gasteiger partial charge on any atom is 0.344 e. The number of rotatable bonds is 4.